The monoisotopic (exact) mass is 338 g/mol. The Labute approximate surface area is 124 Å². The minimum absolute atomic E-state index is 0.156. The second kappa shape index (κ2) is 5.66. The summed E-state index contributed by atoms with van der Waals surface area (Å²) in [5, 5.41) is 0. The van der Waals surface area contributed by atoms with Gasteiger partial charge >= 0.3 is 5.69 Å². The van der Waals surface area contributed by atoms with Crippen LogP contribution in [0.15, 0.2) is 38.3 Å². The predicted molar refractivity (Wildman–Crippen MR) is 80.1 cm³/mol. The lowest BCUT2D eigenvalue weighted by molar-refractivity contribution is 0.291. The Morgan fingerprint density at radius 3 is 2.50 bits per heavy atom. The van der Waals surface area contributed by atoms with Crippen molar-refractivity contribution in [3.05, 3.63) is 60.8 Å². The second-order valence-electron chi connectivity index (χ2n) is 4.60. The van der Waals surface area contributed by atoms with Crippen LogP contribution in [0.25, 0.3) is 0 Å². The molecule has 0 atom stereocenters. The lowest BCUT2D eigenvalue weighted by atomic mass is 10.2. The van der Waals surface area contributed by atoms with Gasteiger partial charge in [0.15, 0.2) is 0 Å². The van der Waals surface area contributed by atoms with Crippen molar-refractivity contribution >= 4 is 15.9 Å². The van der Waals surface area contributed by atoms with Gasteiger partial charge in [-0.05, 0) is 40.5 Å². The van der Waals surface area contributed by atoms with Gasteiger partial charge in [0, 0.05) is 20.2 Å². The Morgan fingerprint density at radius 1 is 1.15 bits per heavy atom. The van der Waals surface area contributed by atoms with Gasteiger partial charge in [-0.2, -0.15) is 0 Å². The summed E-state index contributed by atoms with van der Waals surface area (Å²) in [6.45, 7) is 2.14. The van der Waals surface area contributed by atoms with Gasteiger partial charge in [-0.25, -0.2) is 4.79 Å². The smallest absolute Gasteiger partial charge is 0.330 e. The van der Waals surface area contributed by atoms with E-state index in [4.69, 9.17) is 4.74 Å². The maximum Gasteiger partial charge on any atom is 0.330 e. The molecule has 6 heteroatoms. The molecule has 0 radical (unpaired) electrons. The Morgan fingerprint density at radius 2 is 1.85 bits per heavy atom. The van der Waals surface area contributed by atoms with Crippen LogP contribution in [-0.2, 0) is 20.7 Å². The van der Waals surface area contributed by atoms with Crippen molar-refractivity contribution in [3.63, 3.8) is 0 Å². The third kappa shape index (κ3) is 2.85. The van der Waals surface area contributed by atoms with Crippen molar-refractivity contribution in [1.82, 2.24) is 9.13 Å². The summed E-state index contributed by atoms with van der Waals surface area (Å²) < 4.78 is 8.96. The number of hydrogen-bond acceptors (Lipinski definition) is 3. The molecule has 106 valence electrons. The van der Waals surface area contributed by atoms with Crippen molar-refractivity contribution in [2.75, 3.05) is 0 Å². The maximum atomic E-state index is 11.8. The average molecular weight is 339 g/mol. The molecule has 1 heterocycles. The Bertz CT molecular complexity index is 762. The Hall–Kier alpha value is -1.82. The fraction of sp³-hybridized carbons (Fsp3) is 0.286. The molecule has 0 spiro atoms. The number of aryl methyl sites for hydroxylation is 1. The first-order valence-electron chi connectivity index (χ1n) is 6.05. The topological polar surface area (TPSA) is 53.2 Å². The highest BCUT2D eigenvalue weighted by molar-refractivity contribution is 9.10. The quantitative estimate of drug-likeness (QED) is 0.856. The molecule has 1 aromatic heterocycles. The molecule has 0 fully saturated rings. The molecule has 0 unspecified atom stereocenters. The number of benzene rings is 1. The first-order chi connectivity index (χ1) is 9.40. The van der Waals surface area contributed by atoms with Crippen molar-refractivity contribution in [2.45, 2.75) is 13.5 Å². The number of halogens is 1. The molecule has 5 nitrogen and oxygen atoms in total. The number of rotatable bonds is 3. The van der Waals surface area contributed by atoms with E-state index in [-0.39, 0.29) is 17.9 Å². The molecule has 2 rings (SSSR count). The lowest BCUT2D eigenvalue weighted by Gasteiger charge is -2.12. The van der Waals surface area contributed by atoms with Crippen LogP contribution in [0.3, 0.4) is 0 Å². The Balaban J connectivity index is 2.28. The van der Waals surface area contributed by atoms with Gasteiger partial charge in [-0.15, -0.1) is 0 Å². The van der Waals surface area contributed by atoms with E-state index < -0.39 is 0 Å². The summed E-state index contributed by atoms with van der Waals surface area (Å²) >= 11 is 3.42. The van der Waals surface area contributed by atoms with Crippen molar-refractivity contribution < 1.29 is 4.74 Å². The number of aromatic nitrogens is 2. The standard InChI is InChI=1S/C14H15BrN2O3/c1-9-4-5-12(11(15)6-9)20-8-10-7-13(18)17(3)14(19)16(10)2/h4-7H,8H2,1-3H3. The van der Waals surface area contributed by atoms with Gasteiger partial charge in [0.25, 0.3) is 5.56 Å². The largest absolute Gasteiger partial charge is 0.486 e. The van der Waals surface area contributed by atoms with E-state index in [0.29, 0.717) is 11.4 Å². The Kier molecular flexibility index (Phi) is 4.13. The number of hydrogen-bond donors (Lipinski definition) is 0. The first kappa shape index (κ1) is 14.6. The molecule has 0 bridgehead atoms. The molecule has 2 aromatic rings. The molecule has 0 aliphatic heterocycles. The van der Waals surface area contributed by atoms with Crippen molar-refractivity contribution in [2.24, 2.45) is 14.1 Å². The SMILES string of the molecule is Cc1ccc(OCc2cc(=O)n(C)c(=O)n2C)c(Br)c1. The van der Waals surface area contributed by atoms with Crippen LogP contribution in [0.2, 0.25) is 0 Å². The molecular weight excluding hydrogens is 324 g/mol. The van der Waals surface area contributed by atoms with Gasteiger partial charge in [-0.3, -0.25) is 13.9 Å². The van der Waals surface area contributed by atoms with Gasteiger partial charge in [-0.1, -0.05) is 6.07 Å². The molecule has 0 aliphatic rings. The van der Waals surface area contributed by atoms with Crippen LogP contribution in [0.5, 0.6) is 5.75 Å². The highest BCUT2D eigenvalue weighted by Crippen LogP contribution is 2.26. The molecular formula is C14H15BrN2O3. The van der Waals surface area contributed by atoms with Crippen LogP contribution in [-0.4, -0.2) is 9.13 Å². The highest BCUT2D eigenvalue weighted by atomic mass is 79.9. The van der Waals surface area contributed by atoms with Crippen LogP contribution >= 0.6 is 15.9 Å². The first-order valence-corrected chi connectivity index (χ1v) is 6.84. The van der Waals surface area contributed by atoms with Crippen LogP contribution in [0, 0.1) is 6.92 Å². The third-order valence-corrected chi connectivity index (χ3v) is 3.71. The summed E-state index contributed by atoms with van der Waals surface area (Å²) in [4.78, 5) is 23.4. The summed E-state index contributed by atoms with van der Waals surface area (Å²) in [5.41, 5.74) is 0.949. The summed E-state index contributed by atoms with van der Waals surface area (Å²) in [6, 6.07) is 7.13. The average Bonchev–Trinajstić information content (AvgIpc) is 2.40. The number of ether oxygens (including phenoxy) is 1. The molecule has 0 saturated heterocycles. The zero-order chi connectivity index (χ0) is 14.9. The van der Waals surface area contributed by atoms with Crippen LogP contribution in [0.4, 0.5) is 0 Å². The second-order valence-corrected chi connectivity index (χ2v) is 5.45. The van der Waals surface area contributed by atoms with Gasteiger partial charge in [0.2, 0.25) is 0 Å². The van der Waals surface area contributed by atoms with E-state index in [1.165, 1.54) is 17.7 Å². The molecule has 0 saturated carbocycles. The molecule has 0 amide bonds. The van der Waals surface area contributed by atoms with Gasteiger partial charge in [0.1, 0.15) is 12.4 Å². The van der Waals surface area contributed by atoms with E-state index in [1.54, 1.807) is 7.05 Å². The van der Waals surface area contributed by atoms with E-state index in [9.17, 15) is 9.59 Å². The van der Waals surface area contributed by atoms with E-state index in [1.807, 2.05) is 25.1 Å². The zero-order valence-corrected chi connectivity index (χ0v) is 13.1. The normalized spacial score (nSPS) is 10.6. The van der Waals surface area contributed by atoms with Crippen LogP contribution < -0.4 is 16.0 Å². The fourth-order valence-corrected chi connectivity index (χ4v) is 2.40. The molecule has 1 aromatic carbocycles. The molecule has 0 N–H and O–H groups in total. The minimum atomic E-state index is -0.362. The van der Waals surface area contributed by atoms with Crippen molar-refractivity contribution in [3.8, 4) is 5.75 Å². The summed E-state index contributed by atoms with van der Waals surface area (Å²) in [6.07, 6.45) is 0. The van der Waals surface area contributed by atoms with Gasteiger partial charge < -0.3 is 4.74 Å². The van der Waals surface area contributed by atoms with Crippen LogP contribution in [0.1, 0.15) is 11.3 Å². The van der Waals surface area contributed by atoms with Crippen molar-refractivity contribution in [1.29, 1.82) is 0 Å². The predicted octanol–water partition coefficient (Wildman–Crippen LogP) is 1.73. The molecule has 20 heavy (non-hydrogen) atoms. The summed E-state index contributed by atoms with van der Waals surface area (Å²) in [5.74, 6) is 0.670. The fourth-order valence-electron chi connectivity index (χ4n) is 1.79. The van der Waals surface area contributed by atoms with E-state index in [0.717, 1.165) is 14.6 Å². The summed E-state index contributed by atoms with van der Waals surface area (Å²) in [7, 11) is 3.07. The lowest BCUT2D eigenvalue weighted by Crippen LogP contribution is -2.38. The van der Waals surface area contributed by atoms with E-state index in [2.05, 4.69) is 15.9 Å². The maximum absolute atomic E-state index is 11.8. The van der Waals surface area contributed by atoms with E-state index >= 15 is 0 Å². The minimum Gasteiger partial charge on any atom is -0.486 e. The number of nitrogens with zero attached hydrogens (tertiary/aromatic N) is 2. The third-order valence-electron chi connectivity index (χ3n) is 3.09. The molecule has 0 aliphatic carbocycles. The highest BCUT2D eigenvalue weighted by Gasteiger charge is 2.08. The zero-order valence-electron chi connectivity index (χ0n) is 11.5. The van der Waals surface area contributed by atoms with Gasteiger partial charge in [0.05, 0.1) is 10.2 Å².